The molecular weight excluding hydrogens is 365 g/mol. The second-order valence-electron chi connectivity index (χ2n) is 5.79. The third-order valence-corrected chi connectivity index (χ3v) is 4.77. The first kappa shape index (κ1) is 17.1. The summed E-state index contributed by atoms with van der Waals surface area (Å²) in [6, 6.07) is 16.7. The lowest BCUT2D eigenvalue weighted by Crippen LogP contribution is -2.13. The summed E-state index contributed by atoms with van der Waals surface area (Å²) in [7, 11) is 0. The predicted molar refractivity (Wildman–Crippen MR) is 101 cm³/mol. The van der Waals surface area contributed by atoms with Crippen LogP contribution in [0.5, 0.6) is 0 Å². The Balaban J connectivity index is 1.54. The molecule has 0 unspecified atom stereocenters. The van der Waals surface area contributed by atoms with E-state index in [2.05, 4.69) is 15.5 Å². The fourth-order valence-electron chi connectivity index (χ4n) is 2.62. The molecule has 7 heteroatoms. The second kappa shape index (κ2) is 7.51. The van der Waals surface area contributed by atoms with Crippen LogP contribution in [0, 0.1) is 5.82 Å². The smallest absolute Gasteiger partial charge is 0.255 e. The van der Waals surface area contributed by atoms with Gasteiger partial charge in [-0.1, -0.05) is 35.5 Å². The third kappa shape index (κ3) is 3.93. The van der Waals surface area contributed by atoms with Crippen LogP contribution in [0.4, 0.5) is 10.1 Å². The Bertz CT molecular complexity index is 1080. The third-order valence-electron chi connectivity index (χ3n) is 3.90. The van der Waals surface area contributed by atoms with Crippen molar-refractivity contribution in [1.82, 2.24) is 10.1 Å². The van der Waals surface area contributed by atoms with E-state index < -0.39 is 5.82 Å². The molecule has 4 rings (SSSR count). The van der Waals surface area contributed by atoms with E-state index in [1.54, 1.807) is 12.1 Å². The van der Waals surface area contributed by atoms with Crippen molar-refractivity contribution in [2.45, 2.75) is 6.42 Å². The van der Waals surface area contributed by atoms with E-state index in [1.165, 1.54) is 29.5 Å². The number of carbonyl (C=O) groups is 1. The molecule has 0 aliphatic heterocycles. The molecule has 0 spiro atoms. The quantitative estimate of drug-likeness (QED) is 0.542. The Morgan fingerprint density at radius 3 is 2.81 bits per heavy atom. The Hall–Kier alpha value is -3.32. The molecular formula is C20H14FN3O2S. The number of hydrogen-bond acceptors (Lipinski definition) is 5. The van der Waals surface area contributed by atoms with Gasteiger partial charge in [-0.25, -0.2) is 4.39 Å². The molecule has 5 nitrogen and oxygen atoms in total. The average molecular weight is 379 g/mol. The highest BCUT2D eigenvalue weighted by molar-refractivity contribution is 7.13. The zero-order chi connectivity index (χ0) is 18.6. The molecule has 0 radical (unpaired) electrons. The molecule has 1 N–H and O–H groups in total. The van der Waals surface area contributed by atoms with Crippen LogP contribution < -0.4 is 5.32 Å². The topological polar surface area (TPSA) is 68.0 Å². The lowest BCUT2D eigenvalue weighted by Gasteiger charge is -2.10. The van der Waals surface area contributed by atoms with Gasteiger partial charge in [-0.15, -0.1) is 11.3 Å². The van der Waals surface area contributed by atoms with Gasteiger partial charge in [-0.3, -0.25) is 4.79 Å². The number of thiophene rings is 1. The number of anilines is 1. The molecule has 27 heavy (non-hydrogen) atoms. The molecule has 0 aliphatic carbocycles. The number of hydrogen-bond donors (Lipinski definition) is 1. The number of benzene rings is 2. The molecule has 0 saturated carbocycles. The number of nitrogens with one attached hydrogen (secondary N) is 1. The fourth-order valence-corrected chi connectivity index (χ4v) is 3.27. The summed E-state index contributed by atoms with van der Waals surface area (Å²) < 4.78 is 18.7. The van der Waals surface area contributed by atoms with Crippen molar-refractivity contribution in [3.63, 3.8) is 0 Å². The Kier molecular flexibility index (Phi) is 4.76. The molecule has 0 bridgehead atoms. The lowest BCUT2D eigenvalue weighted by molar-refractivity contribution is 0.102. The van der Waals surface area contributed by atoms with Crippen molar-refractivity contribution in [3.05, 3.63) is 88.9 Å². The van der Waals surface area contributed by atoms with Gasteiger partial charge in [-0.05, 0) is 41.3 Å². The first-order valence-electron chi connectivity index (χ1n) is 8.20. The maximum atomic E-state index is 13.3. The first-order valence-corrected chi connectivity index (χ1v) is 9.08. The van der Waals surface area contributed by atoms with Gasteiger partial charge in [0.15, 0.2) is 0 Å². The van der Waals surface area contributed by atoms with E-state index in [0.29, 0.717) is 23.8 Å². The summed E-state index contributed by atoms with van der Waals surface area (Å²) in [5, 5.41) is 8.76. The molecule has 2 aromatic heterocycles. The number of aromatic nitrogens is 2. The lowest BCUT2D eigenvalue weighted by atomic mass is 10.1. The van der Waals surface area contributed by atoms with E-state index in [1.807, 2.05) is 35.7 Å². The van der Waals surface area contributed by atoms with Gasteiger partial charge < -0.3 is 9.84 Å². The van der Waals surface area contributed by atoms with Crippen molar-refractivity contribution >= 4 is 22.9 Å². The molecule has 0 aliphatic rings. The molecule has 4 aromatic rings. The zero-order valence-electron chi connectivity index (χ0n) is 14.1. The van der Waals surface area contributed by atoms with Crippen molar-refractivity contribution in [1.29, 1.82) is 0 Å². The molecule has 1 amide bonds. The van der Waals surface area contributed by atoms with Crippen LogP contribution in [0.15, 0.2) is 70.6 Å². The normalized spacial score (nSPS) is 10.7. The van der Waals surface area contributed by atoms with E-state index in [4.69, 9.17) is 4.52 Å². The zero-order valence-corrected chi connectivity index (χ0v) is 14.9. The highest BCUT2D eigenvalue weighted by atomic mass is 32.1. The van der Waals surface area contributed by atoms with E-state index in [0.717, 1.165) is 10.4 Å². The van der Waals surface area contributed by atoms with Crippen LogP contribution in [0.2, 0.25) is 0 Å². The van der Waals surface area contributed by atoms with E-state index in [9.17, 15) is 9.18 Å². The van der Waals surface area contributed by atoms with Gasteiger partial charge in [0.25, 0.3) is 5.91 Å². The monoisotopic (exact) mass is 379 g/mol. The van der Waals surface area contributed by atoms with Crippen LogP contribution >= 0.6 is 11.3 Å². The number of nitrogens with zero attached hydrogens (tertiary/aromatic N) is 2. The van der Waals surface area contributed by atoms with Crippen LogP contribution in [0.25, 0.3) is 10.7 Å². The highest BCUT2D eigenvalue weighted by Gasteiger charge is 2.14. The molecule has 2 aromatic carbocycles. The largest absolute Gasteiger partial charge is 0.339 e. The summed E-state index contributed by atoms with van der Waals surface area (Å²) in [5.74, 6) is 0.154. The van der Waals surface area contributed by atoms with Crippen molar-refractivity contribution in [2.24, 2.45) is 0 Å². The molecule has 0 saturated heterocycles. The number of halogens is 1. The van der Waals surface area contributed by atoms with Gasteiger partial charge in [0.05, 0.1) is 11.3 Å². The van der Waals surface area contributed by atoms with Gasteiger partial charge in [0, 0.05) is 11.3 Å². The van der Waals surface area contributed by atoms with Crippen LogP contribution in [-0.2, 0) is 6.42 Å². The summed E-state index contributed by atoms with van der Waals surface area (Å²) >= 11 is 1.53. The van der Waals surface area contributed by atoms with E-state index >= 15 is 0 Å². The van der Waals surface area contributed by atoms with Crippen molar-refractivity contribution in [2.75, 3.05) is 5.32 Å². The highest BCUT2D eigenvalue weighted by Crippen LogP contribution is 2.24. The second-order valence-corrected chi connectivity index (χ2v) is 6.74. The Labute approximate surface area is 158 Å². The molecule has 0 fully saturated rings. The van der Waals surface area contributed by atoms with Crippen molar-refractivity contribution < 1.29 is 13.7 Å². The number of amides is 1. The summed E-state index contributed by atoms with van der Waals surface area (Å²) in [6.45, 7) is 0. The first-order chi connectivity index (χ1) is 13.2. The predicted octanol–water partition coefficient (Wildman–Crippen LogP) is 4.78. The number of carbonyl (C=O) groups excluding carboxylic acids is 1. The number of para-hydroxylation sites is 1. The standard InChI is InChI=1S/C20H14FN3O2S/c21-15-7-3-6-14(11-15)20(25)22-16-8-2-1-5-13(16)12-18-23-19(24-26-18)17-9-4-10-27-17/h1-11H,12H2,(H,22,25). The maximum Gasteiger partial charge on any atom is 0.255 e. The van der Waals surface area contributed by atoms with Gasteiger partial charge in [0.1, 0.15) is 5.82 Å². The number of rotatable bonds is 5. The molecule has 134 valence electrons. The van der Waals surface area contributed by atoms with Crippen LogP contribution in [0.3, 0.4) is 0 Å². The summed E-state index contributed by atoms with van der Waals surface area (Å²) in [4.78, 5) is 17.7. The van der Waals surface area contributed by atoms with Gasteiger partial charge in [-0.2, -0.15) is 4.98 Å². The maximum absolute atomic E-state index is 13.3. The SMILES string of the molecule is O=C(Nc1ccccc1Cc1nc(-c2cccs2)no1)c1cccc(F)c1. The minimum Gasteiger partial charge on any atom is -0.339 e. The Morgan fingerprint density at radius 1 is 1.11 bits per heavy atom. The fraction of sp³-hybridized carbons (Fsp3) is 0.0500. The van der Waals surface area contributed by atoms with Crippen molar-refractivity contribution in [3.8, 4) is 10.7 Å². The Morgan fingerprint density at radius 2 is 2.00 bits per heavy atom. The molecule has 0 atom stereocenters. The summed E-state index contributed by atoms with van der Waals surface area (Å²) in [6.07, 6.45) is 0.373. The average Bonchev–Trinajstić information content (AvgIpc) is 3.35. The van der Waals surface area contributed by atoms with Crippen LogP contribution in [-0.4, -0.2) is 16.0 Å². The van der Waals surface area contributed by atoms with Gasteiger partial charge in [0.2, 0.25) is 11.7 Å². The van der Waals surface area contributed by atoms with Gasteiger partial charge >= 0.3 is 0 Å². The summed E-state index contributed by atoms with van der Waals surface area (Å²) in [5.41, 5.74) is 1.69. The minimum atomic E-state index is -0.456. The minimum absolute atomic E-state index is 0.252. The molecule has 2 heterocycles. The van der Waals surface area contributed by atoms with E-state index in [-0.39, 0.29) is 11.5 Å². The van der Waals surface area contributed by atoms with Crippen LogP contribution in [0.1, 0.15) is 21.8 Å².